The molecule has 1 aliphatic rings. The molecular formula is C21H47O3Ti. The molecule has 25 heavy (non-hydrogen) atoms. The molecule has 0 saturated carbocycles. The van der Waals surface area contributed by atoms with Crippen molar-refractivity contribution >= 4 is 0 Å². The van der Waals surface area contributed by atoms with Gasteiger partial charge in [0.05, 0.1) is 16.8 Å². The summed E-state index contributed by atoms with van der Waals surface area (Å²) < 4.78 is 1.72. The number of hydrogen-bond donors (Lipinski definition) is 3. The number of hydrogen-bond acceptors (Lipinski definition) is 3. The van der Waals surface area contributed by atoms with E-state index in [1.54, 1.807) is 66.2 Å². The summed E-state index contributed by atoms with van der Waals surface area (Å²) in [6.45, 7) is 15.7. The van der Waals surface area contributed by atoms with Crippen LogP contribution in [0.4, 0.5) is 0 Å². The van der Waals surface area contributed by atoms with E-state index < -0.39 is 32.1 Å². The molecule has 0 spiro atoms. The third-order valence-corrected chi connectivity index (χ3v) is 6.65. The van der Waals surface area contributed by atoms with Crippen molar-refractivity contribution in [1.82, 2.24) is 0 Å². The summed E-state index contributed by atoms with van der Waals surface area (Å²) >= 11 is -2.02. The van der Waals surface area contributed by atoms with E-state index in [9.17, 15) is 0 Å². The SMILES string of the molecule is CC(C)(C)O.CC(C)(C)O.CC(C)(C)O.[CH3][Ti]([CH3])([CH3])([CH3])[C]1=CC=CC1. The van der Waals surface area contributed by atoms with Crippen LogP contribution in [0.1, 0.15) is 68.7 Å². The average Bonchev–Trinajstić information content (AvgIpc) is 2.56. The first-order chi connectivity index (χ1) is 10.4. The van der Waals surface area contributed by atoms with Crippen LogP contribution in [0.5, 0.6) is 0 Å². The maximum absolute atomic E-state index is 8.52. The first-order valence-electron chi connectivity index (χ1n) is 9.14. The van der Waals surface area contributed by atoms with Gasteiger partial charge in [0.15, 0.2) is 0 Å². The van der Waals surface area contributed by atoms with Crippen molar-refractivity contribution < 1.29 is 30.6 Å². The van der Waals surface area contributed by atoms with Crippen molar-refractivity contribution in [2.24, 2.45) is 0 Å². The van der Waals surface area contributed by atoms with Crippen LogP contribution >= 0.6 is 0 Å². The van der Waals surface area contributed by atoms with Gasteiger partial charge in [0.2, 0.25) is 0 Å². The van der Waals surface area contributed by atoms with Gasteiger partial charge in [-0.3, -0.25) is 0 Å². The van der Waals surface area contributed by atoms with Crippen molar-refractivity contribution in [2.45, 2.75) is 106 Å². The van der Waals surface area contributed by atoms with Gasteiger partial charge in [0.25, 0.3) is 0 Å². The minimum absolute atomic E-state index is 0.500. The molecule has 0 aliphatic heterocycles. The van der Waals surface area contributed by atoms with Crippen LogP contribution < -0.4 is 0 Å². The van der Waals surface area contributed by atoms with E-state index in [1.807, 2.05) is 0 Å². The molecule has 0 amide bonds. The predicted octanol–water partition coefficient (Wildman–Crippen LogP) is 6.04. The van der Waals surface area contributed by atoms with Crippen LogP contribution in [0.15, 0.2) is 22.1 Å². The van der Waals surface area contributed by atoms with E-state index in [-0.39, 0.29) is 0 Å². The Bertz CT molecular complexity index is 363. The summed E-state index contributed by atoms with van der Waals surface area (Å²) in [4.78, 5) is 0. The van der Waals surface area contributed by atoms with Gasteiger partial charge in [0, 0.05) is 0 Å². The van der Waals surface area contributed by atoms with Crippen molar-refractivity contribution in [1.29, 1.82) is 0 Å². The summed E-state index contributed by atoms with van der Waals surface area (Å²) in [5.74, 6) is 0. The van der Waals surface area contributed by atoms with Gasteiger partial charge in [-0.1, -0.05) is 0 Å². The maximum atomic E-state index is 8.52. The zero-order chi connectivity index (χ0) is 21.4. The van der Waals surface area contributed by atoms with Crippen molar-refractivity contribution in [2.75, 3.05) is 0 Å². The van der Waals surface area contributed by atoms with Crippen LogP contribution in [-0.4, -0.2) is 32.1 Å². The topological polar surface area (TPSA) is 60.7 Å². The molecule has 0 atom stereocenters. The first kappa shape index (κ1) is 29.8. The van der Waals surface area contributed by atoms with Gasteiger partial charge in [-0.25, -0.2) is 0 Å². The van der Waals surface area contributed by atoms with Crippen LogP contribution in [0.3, 0.4) is 0 Å². The average molecular weight is 395 g/mol. The van der Waals surface area contributed by atoms with Gasteiger partial charge < -0.3 is 15.3 Å². The quantitative estimate of drug-likeness (QED) is 0.474. The molecule has 153 valence electrons. The predicted molar refractivity (Wildman–Crippen MR) is 111 cm³/mol. The molecule has 1 rings (SSSR count). The van der Waals surface area contributed by atoms with E-state index in [0.29, 0.717) is 0 Å². The Labute approximate surface area is 159 Å². The molecule has 0 aromatic heterocycles. The Morgan fingerprint density at radius 2 is 0.920 bits per heavy atom. The minimum atomic E-state index is -2.02. The second-order valence-electron chi connectivity index (χ2n) is 11.8. The molecule has 0 aromatic rings. The number of rotatable bonds is 1. The molecule has 0 aromatic carbocycles. The second-order valence-corrected chi connectivity index (χ2v) is 25.3. The van der Waals surface area contributed by atoms with E-state index in [4.69, 9.17) is 15.3 Å². The zero-order valence-electron chi connectivity index (χ0n) is 19.3. The van der Waals surface area contributed by atoms with E-state index in [0.717, 1.165) is 0 Å². The molecule has 0 unspecified atom stereocenters. The van der Waals surface area contributed by atoms with Gasteiger partial charge >= 0.3 is 64.7 Å². The standard InChI is InChI=1S/C5H5.3C4H10O.4CH3.Ti/c1-2-4-5-3-1;3*1-4(2,3)5;;;;;/h1-3H,4H2;3*5H,1-3H3;4*1H3;. The van der Waals surface area contributed by atoms with E-state index >= 15 is 0 Å². The second kappa shape index (κ2) is 10.4. The molecule has 0 saturated heterocycles. The molecule has 3 N–H and O–H groups in total. The molecule has 3 nitrogen and oxygen atoms in total. The van der Waals surface area contributed by atoms with Crippen LogP contribution in [0.2, 0.25) is 20.9 Å². The molecule has 0 bridgehead atoms. The normalized spacial score (nSPS) is 16.0. The van der Waals surface area contributed by atoms with E-state index in [2.05, 4.69) is 39.1 Å². The van der Waals surface area contributed by atoms with Crippen molar-refractivity contribution in [3.8, 4) is 0 Å². The Morgan fingerprint density at radius 1 is 0.680 bits per heavy atom. The fourth-order valence-electron chi connectivity index (χ4n) is 1.19. The monoisotopic (exact) mass is 395 g/mol. The molecule has 1 aliphatic carbocycles. The van der Waals surface area contributed by atoms with Gasteiger partial charge in [-0.15, -0.1) is 0 Å². The van der Waals surface area contributed by atoms with Gasteiger partial charge in [-0.2, -0.15) is 0 Å². The summed E-state index contributed by atoms with van der Waals surface area (Å²) in [5.41, 5.74) is -1.50. The summed E-state index contributed by atoms with van der Waals surface area (Å²) in [6.07, 6.45) is 7.99. The Hall–Kier alpha value is 0.0743. The third kappa shape index (κ3) is 51.6. The van der Waals surface area contributed by atoms with Crippen LogP contribution in [0, 0.1) is 0 Å². The third-order valence-electron chi connectivity index (χ3n) is 2.06. The van der Waals surface area contributed by atoms with E-state index in [1.165, 1.54) is 6.42 Å². The molecule has 0 radical (unpaired) electrons. The molecular weight excluding hydrogens is 348 g/mol. The fourth-order valence-corrected chi connectivity index (χ4v) is 3.84. The van der Waals surface area contributed by atoms with Gasteiger partial charge in [0.1, 0.15) is 0 Å². The van der Waals surface area contributed by atoms with Crippen molar-refractivity contribution in [3.63, 3.8) is 0 Å². The Balaban J connectivity index is -0.000000279. The molecule has 0 heterocycles. The number of allylic oxidation sites excluding steroid dienone is 4. The summed E-state index contributed by atoms with van der Waals surface area (Å²) in [7, 11) is 0. The summed E-state index contributed by atoms with van der Waals surface area (Å²) in [6, 6.07) is 0. The zero-order valence-corrected chi connectivity index (χ0v) is 20.8. The first-order valence-corrected chi connectivity index (χ1v) is 16.2. The molecule has 4 heteroatoms. The summed E-state index contributed by atoms with van der Waals surface area (Å²) in [5, 5.41) is 35.4. The van der Waals surface area contributed by atoms with Crippen LogP contribution in [-0.2, 0) is 15.3 Å². The molecule has 0 fully saturated rings. The number of aliphatic hydroxyl groups is 3. The Morgan fingerprint density at radius 3 is 1.00 bits per heavy atom. The van der Waals surface area contributed by atoms with Crippen molar-refractivity contribution in [3.05, 3.63) is 22.1 Å². The fraction of sp³-hybridized carbons (Fsp3) is 0.810. The Kier molecular flexibility index (Phi) is 12.4. The van der Waals surface area contributed by atoms with Crippen LogP contribution in [0.25, 0.3) is 0 Å². The van der Waals surface area contributed by atoms with Gasteiger partial charge in [-0.05, 0) is 62.3 Å².